The van der Waals surface area contributed by atoms with Gasteiger partial charge in [-0.2, -0.15) is 0 Å². The molecule has 4 aromatic carbocycles. The molecule has 0 saturated carbocycles. The van der Waals surface area contributed by atoms with Gasteiger partial charge in [0, 0.05) is 10.9 Å². The number of fused-ring (bicyclic) bond motifs is 4. The number of ketones is 2. The number of rotatable bonds is 0. The molecule has 0 bridgehead atoms. The van der Waals surface area contributed by atoms with Crippen LogP contribution in [0.2, 0.25) is 0 Å². The van der Waals surface area contributed by atoms with Crippen LogP contribution in [0.3, 0.4) is 0 Å². The third-order valence-corrected chi connectivity index (χ3v) is 5.18. The largest absolute Gasteiger partial charge is 0.507 e. The molecule has 0 heterocycles. The number of carbonyl (C=O) groups excluding carboxylic acids is 2. The molecule has 1 aliphatic carbocycles. The minimum Gasteiger partial charge on any atom is -0.507 e. The number of carbonyl (C=O) groups is 2. The molecule has 0 radical (unpaired) electrons. The quantitative estimate of drug-likeness (QED) is 0.343. The molecule has 1 aliphatic rings. The Hall–Kier alpha value is -4.06. The first-order chi connectivity index (χ1) is 13.4. The molecule has 4 N–H and O–H groups in total. The third kappa shape index (κ3) is 1.91. The van der Waals surface area contributed by atoms with Gasteiger partial charge in [-0.3, -0.25) is 9.59 Å². The summed E-state index contributed by atoms with van der Waals surface area (Å²) in [6, 6.07) is 14.2. The topological polar surface area (TPSA) is 115 Å². The molecule has 6 nitrogen and oxygen atoms in total. The van der Waals surface area contributed by atoms with E-state index in [-0.39, 0.29) is 16.7 Å². The fourth-order valence-electron chi connectivity index (χ4n) is 3.81. The van der Waals surface area contributed by atoms with E-state index in [2.05, 4.69) is 0 Å². The molecule has 0 saturated heterocycles. The van der Waals surface area contributed by atoms with Crippen LogP contribution < -0.4 is 0 Å². The van der Waals surface area contributed by atoms with Crippen LogP contribution in [0.4, 0.5) is 0 Å². The van der Waals surface area contributed by atoms with Crippen LogP contribution in [0.5, 0.6) is 11.5 Å². The zero-order valence-electron chi connectivity index (χ0n) is 14.2. The number of hydrogen-bond acceptors (Lipinski definition) is 6. The van der Waals surface area contributed by atoms with Crippen molar-refractivity contribution in [1.82, 2.24) is 0 Å². The lowest BCUT2D eigenvalue weighted by atomic mass is 9.87. The molecule has 4 aromatic rings. The Kier molecular flexibility index (Phi) is 3.02. The van der Waals surface area contributed by atoms with Gasteiger partial charge in [0.05, 0.1) is 10.9 Å². The molecule has 6 heteroatoms. The van der Waals surface area contributed by atoms with Gasteiger partial charge in [0.15, 0.2) is 0 Å². The fraction of sp³-hybridized carbons (Fsp3) is 0. The summed E-state index contributed by atoms with van der Waals surface area (Å²) in [6.07, 6.45) is 0. The van der Waals surface area contributed by atoms with Gasteiger partial charge in [-0.1, -0.05) is 24.3 Å². The van der Waals surface area contributed by atoms with Crippen molar-refractivity contribution in [3.05, 3.63) is 71.2 Å². The first kappa shape index (κ1) is 16.1. The van der Waals surface area contributed by atoms with Gasteiger partial charge >= 0.3 is 0 Å². The van der Waals surface area contributed by atoms with Crippen molar-refractivity contribution >= 4 is 43.9 Å². The van der Waals surface area contributed by atoms with Crippen LogP contribution >= 0.6 is 0 Å². The number of phenols is 2. The second-order valence-electron chi connectivity index (χ2n) is 6.75. The number of hydrogen-bond donors (Lipinski definition) is 4. The summed E-state index contributed by atoms with van der Waals surface area (Å²) in [5.41, 5.74) is -0.673. The lowest BCUT2D eigenvalue weighted by Crippen LogP contribution is -2.22. The normalized spacial score (nSPS) is 14.3. The maximum Gasteiger partial charge on any atom is 0.235 e. The number of benzene rings is 4. The summed E-state index contributed by atoms with van der Waals surface area (Å²) in [6.45, 7) is 0. The Labute approximate surface area is 157 Å². The highest BCUT2D eigenvalue weighted by atomic mass is 16.3. The van der Waals surface area contributed by atoms with Crippen LogP contribution in [-0.4, -0.2) is 32.0 Å². The first-order valence-corrected chi connectivity index (χ1v) is 8.44. The Morgan fingerprint density at radius 2 is 1.21 bits per heavy atom. The predicted molar refractivity (Wildman–Crippen MR) is 103 cm³/mol. The van der Waals surface area contributed by atoms with Gasteiger partial charge in [-0.15, -0.1) is 0 Å². The Morgan fingerprint density at radius 1 is 0.607 bits per heavy atom. The number of phenolic OH excluding ortho intramolecular Hbond substituents is 2. The number of Topliss-reactive ketones (excluding diaryl/α,β-unsaturated/α-hetero) is 2. The van der Waals surface area contributed by atoms with Crippen molar-refractivity contribution < 1.29 is 30.0 Å². The highest BCUT2D eigenvalue weighted by molar-refractivity contribution is 6.29. The molecule has 0 spiro atoms. The highest BCUT2D eigenvalue weighted by Gasteiger charge is 2.36. The molecule has 28 heavy (non-hydrogen) atoms. The highest BCUT2D eigenvalue weighted by Crippen LogP contribution is 2.44. The van der Waals surface area contributed by atoms with Gasteiger partial charge in [0.1, 0.15) is 11.5 Å². The summed E-state index contributed by atoms with van der Waals surface area (Å²) < 4.78 is 0. The van der Waals surface area contributed by atoms with E-state index in [1.807, 2.05) is 30.3 Å². The standard InChI is InChI=1S/C22H12O6/c23-17-13-7-10-4-2-1-3-9(10)5-11(13)6-12-8-14-16(19(25)15(12)17)20(26)22(28)21(27)18(14)24/h1-8,23,25,27-28H. The number of aromatic hydroxyl groups is 2. The smallest absolute Gasteiger partial charge is 0.235 e. The Balaban J connectivity index is 1.95. The molecule has 0 atom stereocenters. The minimum absolute atomic E-state index is 0.00290. The number of allylic oxidation sites excluding steroid dienone is 2. The summed E-state index contributed by atoms with van der Waals surface area (Å²) >= 11 is 0. The van der Waals surface area contributed by atoms with E-state index in [0.717, 1.165) is 10.8 Å². The van der Waals surface area contributed by atoms with E-state index in [9.17, 15) is 30.0 Å². The lowest BCUT2D eigenvalue weighted by molar-refractivity contribution is 0.0878. The van der Waals surface area contributed by atoms with Crippen LogP contribution in [0, 0.1) is 0 Å². The van der Waals surface area contributed by atoms with Crippen LogP contribution in [-0.2, 0) is 0 Å². The Morgan fingerprint density at radius 3 is 1.93 bits per heavy atom. The second-order valence-corrected chi connectivity index (χ2v) is 6.75. The van der Waals surface area contributed by atoms with E-state index in [1.54, 1.807) is 12.1 Å². The second kappa shape index (κ2) is 5.23. The van der Waals surface area contributed by atoms with Gasteiger partial charge in [0.25, 0.3) is 0 Å². The van der Waals surface area contributed by atoms with Gasteiger partial charge < -0.3 is 20.4 Å². The SMILES string of the molecule is O=C1C(O)=C(O)C(=O)c2c1cc1cc3cc4ccccc4cc3c(O)c1c2O. The molecule has 0 fully saturated rings. The minimum atomic E-state index is -1.13. The molecular weight excluding hydrogens is 360 g/mol. The van der Waals surface area contributed by atoms with E-state index in [1.165, 1.54) is 6.07 Å². The first-order valence-electron chi connectivity index (χ1n) is 8.44. The van der Waals surface area contributed by atoms with Crippen molar-refractivity contribution in [2.45, 2.75) is 0 Å². The average molecular weight is 372 g/mol. The van der Waals surface area contributed by atoms with E-state index < -0.39 is 34.4 Å². The molecule has 136 valence electrons. The monoisotopic (exact) mass is 372 g/mol. The summed E-state index contributed by atoms with van der Waals surface area (Å²) in [5.74, 6) is -5.09. The summed E-state index contributed by atoms with van der Waals surface area (Å²) in [4.78, 5) is 24.6. The predicted octanol–water partition coefficient (Wildman–Crippen LogP) is 4.26. The maximum absolute atomic E-state index is 12.3. The molecule has 0 aromatic heterocycles. The van der Waals surface area contributed by atoms with Crippen molar-refractivity contribution in [3.8, 4) is 11.5 Å². The average Bonchev–Trinajstić information content (AvgIpc) is 2.69. The van der Waals surface area contributed by atoms with Crippen LogP contribution in [0.1, 0.15) is 20.7 Å². The molecular formula is C22H12O6. The van der Waals surface area contributed by atoms with Crippen molar-refractivity contribution in [3.63, 3.8) is 0 Å². The maximum atomic E-state index is 12.3. The van der Waals surface area contributed by atoms with E-state index in [0.29, 0.717) is 16.2 Å². The zero-order chi connectivity index (χ0) is 19.7. The number of aliphatic hydroxyl groups excluding tert-OH is 2. The molecule has 0 unspecified atom stereocenters. The van der Waals surface area contributed by atoms with Gasteiger partial charge in [-0.05, 0) is 45.8 Å². The lowest BCUT2D eigenvalue weighted by Gasteiger charge is -2.18. The molecule has 5 rings (SSSR count). The molecule has 0 amide bonds. The van der Waals surface area contributed by atoms with Crippen LogP contribution in [0.15, 0.2) is 60.0 Å². The van der Waals surface area contributed by atoms with Crippen molar-refractivity contribution in [2.24, 2.45) is 0 Å². The summed E-state index contributed by atoms with van der Waals surface area (Å²) in [7, 11) is 0. The Bertz CT molecular complexity index is 1430. The van der Waals surface area contributed by atoms with Crippen molar-refractivity contribution in [1.29, 1.82) is 0 Å². The van der Waals surface area contributed by atoms with Gasteiger partial charge in [-0.25, -0.2) is 0 Å². The van der Waals surface area contributed by atoms with E-state index in [4.69, 9.17) is 0 Å². The van der Waals surface area contributed by atoms with Gasteiger partial charge in [0.2, 0.25) is 23.1 Å². The number of aliphatic hydroxyl groups is 2. The summed E-state index contributed by atoms with van der Waals surface area (Å²) in [5, 5.41) is 44.3. The van der Waals surface area contributed by atoms with Crippen molar-refractivity contribution in [2.75, 3.05) is 0 Å². The third-order valence-electron chi connectivity index (χ3n) is 5.18. The van der Waals surface area contributed by atoms with Crippen LogP contribution in [0.25, 0.3) is 32.3 Å². The van der Waals surface area contributed by atoms with E-state index >= 15 is 0 Å². The zero-order valence-corrected chi connectivity index (χ0v) is 14.2. The fourth-order valence-corrected chi connectivity index (χ4v) is 3.81. The molecule has 0 aliphatic heterocycles.